The van der Waals surface area contributed by atoms with Gasteiger partial charge < -0.3 is 0 Å². The molecular formula is C2H2O4. The van der Waals surface area contributed by atoms with Gasteiger partial charge in [-0.2, -0.15) is 19.6 Å². The molecule has 2 aliphatic rings. The van der Waals surface area contributed by atoms with Crippen LogP contribution in [0.4, 0.5) is 0 Å². The first kappa shape index (κ1) is 2.92. The molecule has 0 aromatic heterocycles. The van der Waals surface area contributed by atoms with Crippen LogP contribution in [0.25, 0.3) is 0 Å². The molecule has 0 N–H and O–H groups in total. The minimum atomic E-state index is -0.231. The molecule has 0 aliphatic carbocycles. The van der Waals surface area contributed by atoms with Crippen molar-refractivity contribution in [3.63, 3.8) is 0 Å². The van der Waals surface area contributed by atoms with Crippen molar-refractivity contribution in [2.24, 2.45) is 0 Å². The molecule has 0 aromatic carbocycles. The molecule has 0 aromatic rings. The molecule has 0 spiro atoms. The van der Waals surface area contributed by atoms with E-state index in [0.717, 1.165) is 0 Å². The second kappa shape index (κ2) is 0.737. The zero-order valence-corrected chi connectivity index (χ0v) is 2.79. The van der Waals surface area contributed by atoms with Gasteiger partial charge in [0.15, 0.2) is 0 Å². The van der Waals surface area contributed by atoms with Crippen molar-refractivity contribution >= 4 is 0 Å². The van der Waals surface area contributed by atoms with Gasteiger partial charge in [-0.3, -0.25) is 0 Å². The summed E-state index contributed by atoms with van der Waals surface area (Å²) in [5.41, 5.74) is 0. The van der Waals surface area contributed by atoms with E-state index in [4.69, 9.17) is 0 Å². The largest absolute Gasteiger partial charge is 0.280 e. The minimum absolute atomic E-state index is 0.231. The lowest BCUT2D eigenvalue weighted by atomic mass is 10.6. The lowest BCUT2D eigenvalue weighted by Gasteiger charge is -2.39. The summed E-state index contributed by atoms with van der Waals surface area (Å²) < 4.78 is 0. The van der Waals surface area contributed by atoms with E-state index in [9.17, 15) is 0 Å². The van der Waals surface area contributed by atoms with Crippen molar-refractivity contribution in [1.29, 1.82) is 0 Å². The van der Waals surface area contributed by atoms with E-state index in [2.05, 4.69) is 19.6 Å². The van der Waals surface area contributed by atoms with E-state index in [1.807, 2.05) is 0 Å². The molecule has 2 aliphatic heterocycles. The van der Waals surface area contributed by atoms with Gasteiger partial charge in [-0.15, -0.1) is 0 Å². The molecule has 4 heteroatoms. The highest BCUT2D eigenvalue weighted by atomic mass is 17.5. The molecule has 0 radical (unpaired) electrons. The summed E-state index contributed by atoms with van der Waals surface area (Å²) in [6, 6.07) is 0. The average molecular weight is 90.0 g/mol. The summed E-state index contributed by atoms with van der Waals surface area (Å²) in [7, 11) is 0. The highest BCUT2D eigenvalue weighted by molar-refractivity contribution is 4.55. The van der Waals surface area contributed by atoms with Gasteiger partial charge in [0.25, 0.3) is 12.6 Å². The molecule has 2 fully saturated rings. The third-order valence-electron chi connectivity index (χ3n) is 0.713. The Bertz CT molecular complexity index is 53.9. The summed E-state index contributed by atoms with van der Waals surface area (Å²) in [6.45, 7) is 0. The van der Waals surface area contributed by atoms with Crippen molar-refractivity contribution in [3.8, 4) is 0 Å². The normalized spacial score (nSPS) is 52.0. The first-order chi connectivity index (χ1) is 2.97. The van der Waals surface area contributed by atoms with Crippen LogP contribution in [0.5, 0.6) is 0 Å². The maximum absolute atomic E-state index is 4.28. The van der Waals surface area contributed by atoms with Gasteiger partial charge in [-0.05, 0) is 0 Å². The van der Waals surface area contributed by atoms with Crippen LogP contribution in [0.15, 0.2) is 0 Å². The zero-order chi connectivity index (χ0) is 3.98. The van der Waals surface area contributed by atoms with E-state index in [-0.39, 0.29) is 12.6 Å². The highest BCUT2D eigenvalue weighted by Gasteiger charge is 2.48. The monoisotopic (exact) mass is 90.0 g/mol. The van der Waals surface area contributed by atoms with Crippen molar-refractivity contribution in [1.82, 2.24) is 0 Å². The number of rotatable bonds is 0. The SMILES string of the molecule is O1OC2OOC12. The molecule has 4 nitrogen and oxygen atoms in total. The molecule has 6 heavy (non-hydrogen) atoms. The predicted octanol–water partition coefficient (Wildman–Crippen LogP) is -0.438. The summed E-state index contributed by atoms with van der Waals surface area (Å²) in [5, 5.41) is 0. The predicted molar refractivity (Wildman–Crippen MR) is 11.9 cm³/mol. The van der Waals surface area contributed by atoms with Gasteiger partial charge in [-0.25, -0.2) is 0 Å². The molecule has 34 valence electrons. The van der Waals surface area contributed by atoms with Gasteiger partial charge in [0.05, 0.1) is 0 Å². The van der Waals surface area contributed by atoms with Crippen LogP contribution in [0.1, 0.15) is 0 Å². The van der Waals surface area contributed by atoms with Gasteiger partial charge in [0.1, 0.15) is 0 Å². The second-order valence-corrected chi connectivity index (χ2v) is 1.12. The lowest BCUT2D eigenvalue weighted by molar-refractivity contribution is -0.727. The standard InChI is InChI=1S/C2H2O4/c3-1-2(5-3)6-4-1/h1-2H. The summed E-state index contributed by atoms with van der Waals surface area (Å²) >= 11 is 0. The van der Waals surface area contributed by atoms with Crippen molar-refractivity contribution in [2.75, 3.05) is 0 Å². The first-order valence-corrected chi connectivity index (χ1v) is 1.61. The molecule has 0 amide bonds. The summed E-state index contributed by atoms with van der Waals surface area (Å²) in [5.74, 6) is 0. The topological polar surface area (TPSA) is 36.9 Å². The maximum atomic E-state index is 4.28. The van der Waals surface area contributed by atoms with Crippen molar-refractivity contribution < 1.29 is 19.6 Å². The Morgan fingerprint density at radius 3 is 1.00 bits per heavy atom. The van der Waals surface area contributed by atoms with Crippen molar-refractivity contribution in [2.45, 2.75) is 12.6 Å². The molecule has 2 rings (SSSR count). The van der Waals surface area contributed by atoms with Crippen LogP contribution in [-0.4, -0.2) is 12.6 Å². The fraction of sp³-hybridized carbons (Fsp3) is 1.00. The molecule has 2 saturated heterocycles. The Hall–Kier alpha value is -0.160. The molecule has 0 unspecified atom stereocenters. The maximum Gasteiger partial charge on any atom is 0.280 e. The van der Waals surface area contributed by atoms with Gasteiger partial charge in [0.2, 0.25) is 0 Å². The van der Waals surface area contributed by atoms with Crippen LogP contribution in [0, 0.1) is 0 Å². The van der Waals surface area contributed by atoms with E-state index in [1.165, 1.54) is 0 Å². The summed E-state index contributed by atoms with van der Waals surface area (Å²) in [6.07, 6.45) is -0.463. The van der Waals surface area contributed by atoms with Crippen LogP contribution in [-0.2, 0) is 19.6 Å². The van der Waals surface area contributed by atoms with Crippen LogP contribution in [0.2, 0.25) is 0 Å². The fourth-order valence-corrected chi connectivity index (χ4v) is 0.325. The molecule has 0 atom stereocenters. The van der Waals surface area contributed by atoms with Crippen LogP contribution < -0.4 is 0 Å². The van der Waals surface area contributed by atoms with Crippen LogP contribution in [0.3, 0.4) is 0 Å². The first-order valence-electron chi connectivity index (χ1n) is 1.61. The smallest absolute Gasteiger partial charge is 0.192 e. The average Bonchev–Trinajstić information content (AvgIpc) is 1.54. The van der Waals surface area contributed by atoms with Crippen LogP contribution >= 0.6 is 0 Å². The van der Waals surface area contributed by atoms with E-state index in [1.54, 1.807) is 0 Å². The van der Waals surface area contributed by atoms with Gasteiger partial charge >= 0.3 is 0 Å². The number of hydrogen-bond acceptors (Lipinski definition) is 4. The zero-order valence-electron chi connectivity index (χ0n) is 2.79. The highest BCUT2D eigenvalue weighted by Crippen LogP contribution is 2.28. The van der Waals surface area contributed by atoms with E-state index < -0.39 is 0 Å². The molecule has 0 bridgehead atoms. The third-order valence-corrected chi connectivity index (χ3v) is 0.713. The Kier molecular flexibility index (Phi) is 0.359. The quantitative estimate of drug-likeness (QED) is 0.378. The third kappa shape index (κ3) is 0.162. The van der Waals surface area contributed by atoms with Gasteiger partial charge in [-0.1, -0.05) is 0 Å². The van der Waals surface area contributed by atoms with Crippen molar-refractivity contribution in [3.05, 3.63) is 0 Å². The molecule has 0 saturated carbocycles. The number of hydrogen-bond donors (Lipinski definition) is 0. The van der Waals surface area contributed by atoms with E-state index >= 15 is 0 Å². The number of fused-ring (bicyclic) bond motifs is 1. The molecule has 2 heterocycles. The Morgan fingerprint density at radius 1 is 0.667 bits per heavy atom. The summed E-state index contributed by atoms with van der Waals surface area (Å²) in [4.78, 5) is 17.1. The van der Waals surface area contributed by atoms with Gasteiger partial charge in [0, 0.05) is 0 Å². The minimum Gasteiger partial charge on any atom is -0.192 e. The Morgan fingerprint density at radius 2 is 1.00 bits per heavy atom. The fourth-order valence-electron chi connectivity index (χ4n) is 0.325. The molecular weight excluding hydrogens is 88.0 g/mol. The van der Waals surface area contributed by atoms with E-state index in [0.29, 0.717) is 0 Å². The second-order valence-electron chi connectivity index (χ2n) is 1.12. The lowest BCUT2D eigenvalue weighted by Crippen LogP contribution is -2.55. The Balaban J connectivity index is 2.03. The Labute approximate surface area is 33.4 Å².